The molecule has 0 aliphatic rings. The van der Waals surface area contributed by atoms with E-state index in [1.807, 2.05) is 6.07 Å². The molecule has 0 spiro atoms. The van der Waals surface area contributed by atoms with Crippen LogP contribution in [0, 0.1) is 23.0 Å². The molecule has 0 N–H and O–H groups in total. The van der Waals surface area contributed by atoms with Gasteiger partial charge in [-0.05, 0) is 33.6 Å². The van der Waals surface area contributed by atoms with Gasteiger partial charge in [-0.25, -0.2) is 13.8 Å². The molecule has 0 amide bonds. The van der Waals surface area contributed by atoms with Crippen molar-refractivity contribution in [3.8, 4) is 11.9 Å². The lowest BCUT2D eigenvalue weighted by atomic mass is 10.2. The molecular formula is C13H7BrF2N2O. The van der Waals surface area contributed by atoms with Crippen molar-refractivity contribution in [3.05, 3.63) is 57.7 Å². The van der Waals surface area contributed by atoms with Crippen LogP contribution in [0.15, 0.2) is 34.9 Å². The van der Waals surface area contributed by atoms with Gasteiger partial charge in [-0.1, -0.05) is 12.1 Å². The quantitative estimate of drug-likeness (QED) is 0.811. The summed E-state index contributed by atoms with van der Waals surface area (Å²) in [6, 6.07) is 9.32. The van der Waals surface area contributed by atoms with Crippen molar-refractivity contribution < 1.29 is 13.5 Å². The van der Waals surface area contributed by atoms with Crippen LogP contribution in [0.2, 0.25) is 0 Å². The third-order valence-electron chi connectivity index (χ3n) is 2.31. The van der Waals surface area contributed by atoms with Gasteiger partial charge in [0.1, 0.15) is 11.2 Å². The molecule has 96 valence electrons. The Hall–Kier alpha value is -2.00. The number of rotatable bonds is 3. The van der Waals surface area contributed by atoms with Gasteiger partial charge >= 0.3 is 0 Å². The van der Waals surface area contributed by atoms with Crippen LogP contribution in [0.1, 0.15) is 11.1 Å². The predicted molar refractivity (Wildman–Crippen MR) is 67.3 cm³/mol. The van der Waals surface area contributed by atoms with Crippen LogP contribution < -0.4 is 4.74 Å². The summed E-state index contributed by atoms with van der Waals surface area (Å²) in [5.41, 5.74) is 1.28. The van der Waals surface area contributed by atoms with Crippen molar-refractivity contribution >= 4 is 15.9 Å². The normalized spacial score (nSPS) is 10.0. The molecule has 19 heavy (non-hydrogen) atoms. The second kappa shape index (κ2) is 5.76. The fourth-order valence-corrected chi connectivity index (χ4v) is 1.63. The Morgan fingerprint density at radius 2 is 1.89 bits per heavy atom. The number of ether oxygens (including phenoxy) is 1. The molecular weight excluding hydrogens is 318 g/mol. The number of hydrogen-bond acceptors (Lipinski definition) is 3. The maximum Gasteiger partial charge on any atom is 0.252 e. The first-order valence-corrected chi connectivity index (χ1v) is 6.03. The highest BCUT2D eigenvalue weighted by Gasteiger charge is 2.11. The van der Waals surface area contributed by atoms with E-state index < -0.39 is 11.6 Å². The Morgan fingerprint density at radius 1 is 1.21 bits per heavy atom. The average molecular weight is 325 g/mol. The maximum atomic E-state index is 13.4. The van der Waals surface area contributed by atoms with Gasteiger partial charge in [-0.3, -0.25) is 0 Å². The highest BCUT2D eigenvalue weighted by molar-refractivity contribution is 9.10. The van der Waals surface area contributed by atoms with Crippen LogP contribution in [0.5, 0.6) is 5.88 Å². The molecule has 1 aromatic carbocycles. The summed E-state index contributed by atoms with van der Waals surface area (Å²) in [5, 5.41) is 8.65. The third kappa shape index (κ3) is 3.26. The van der Waals surface area contributed by atoms with Gasteiger partial charge in [0.2, 0.25) is 0 Å². The lowest BCUT2D eigenvalue weighted by Crippen LogP contribution is -2.01. The topological polar surface area (TPSA) is 45.9 Å². The highest BCUT2D eigenvalue weighted by Crippen LogP contribution is 2.21. The van der Waals surface area contributed by atoms with E-state index in [9.17, 15) is 8.78 Å². The fraction of sp³-hybridized carbons (Fsp3) is 0.0769. The minimum Gasteiger partial charge on any atom is -0.471 e. The molecule has 2 rings (SSSR count). The summed E-state index contributed by atoms with van der Waals surface area (Å²) in [5.74, 6) is -1.93. The van der Waals surface area contributed by atoms with Crippen LogP contribution in [0.3, 0.4) is 0 Å². The first kappa shape index (κ1) is 13.4. The lowest BCUT2D eigenvalue weighted by molar-refractivity contribution is 0.275. The standard InChI is InChI=1S/C13H7BrF2N2O/c14-12-10(15)5-11(16)13(18-12)19-7-9-3-1-8(6-17)2-4-9/h1-5H,7H2. The molecule has 0 fully saturated rings. The number of nitriles is 1. The van der Waals surface area contributed by atoms with E-state index >= 15 is 0 Å². The smallest absolute Gasteiger partial charge is 0.252 e. The van der Waals surface area contributed by atoms with E-state index in [0.717, 1.165) is 5.56 Å². The van der Waals surface area contributed by atoms with Crippen molar-refractivity contribution in [2.24, 2.45) is 0 Å². The molecule has 0 radical (unpaired) electrons. The van der Waals surface area contributed by atoms with Gasteiger partial charge in [-0.15, -0.1) is 0 Å². The first-order chi connectivity index (χ1) is 9.10. The molecule has 2 aromatic rings. The van der Waals surface area contributed by atoms with Gasteiger partial charge in [0.05, 0.1) is 11.6 Å². The molecule has 1 heterocycles. The number of benzene rings is 1. The van der Waals surface area contributed by atoms with Crippen LogP contribution in [-0.4, -0.2) is 4.98 Å². The Bertz CT molecular complexity index is 638. The Kier molecular flexibility index (Phi) is 4.07. The van der Waals surface area contributed by atoms with Crippen molar-refractivity contribution in [1.29, 1.82) is 5.26 Å². The number of halogens is 3. The largest absolute Gasteiger partial charge is 0.471 e. The van der Waals surface area contributed by atoms with Crippen molar-refractivity contribution in [2.75, 3.05) is 0 Å². The minimum absolute atomic E-state index is 0.0771. The summed E-state index contributed by atoms with van der Waals surface area (Å²) >= 11 is 2.86. The summed E-state index contributed by atoms with van der Waals surface area (Å²) < 4.78 is 31.4. The Morgan fingerprint density at radius 3 is 2.53 bits per heavy atom. The van der Waals surface area contributed by atoms with E-state index in [-0.39, 0.29) is 17.1 Å². The number of nitrogens with zero attached hydrogens (tertiary/aromatic N) is 2. The van der Waals surface area contributed by atoms with E-state index in [0.29, 0.717) is 11.6 Å². The fourth-order valence-electron chi connectivity index (χ4n) is 1.36. The van der Waals surface area contributed by atoms with Crippen LogP contribution in [0.25, 0.3) is 0 Å². The van der Waals surface area contributed by atoms with Gasteiger partial charge in [0, 0.05) is 6.07 Å². The zero-order valence-electron chi connectivity index (χ0n) is 9.53. The monoisotopic (exact) mass is 324 g/mol. The summed E-state index contributed by atoms with van der Waals surface area (Å²) in [7, 11) is 0. The molecule has 0 unspecified atom stereocenters. The number of aromatic nitrogens is 1. The van der Waals surface area contributed by atoms with Gasteiger partial charge in [0.15, 0.2) is 11.6 Å². The van der Waals surface area contributed by atoms with Crippen LogP contribution >= 0.6 is 15.9 Å². The van der Waals surface area contributed by atoms with E-state index in [2.05, 4.69) is 20.9 Å². The van der Waals surface area contributed by atoms with Crippen molar-refractivity contribution in [2.45, 2.75) is 6.61 Å². The van der Waals surface area contributed by atoms with Crippen molar-refractivity contribution in [3.63, 3.8) is 0 Å². The van der Waals surface area contributed by atoms with Gasteiger partial charge < -0.3 is 4.74 Å². The van der Waals surface area contributed by atoms with E-state index in [1.165, 1.54) is 0 Å². The summed E-state index contributed by atoms with van der Waals surface area (Å²) in [6.07, 6.45) is 0. The molecule has 6 heteroatoms. The number of hydrogen-bond donors (Lipinski definition) is 0. The van der Waals surface area contributed by atoms with Crippen molar-refractivity contribution in [1.82, 2.24) is 4.98 Å². The molecule has 3 nitrogen and oxygen atoms in total. The lowest BCUT2D eigenvalue weighted by Gasteiger charge is -2.07. The highest BCUT2D eigenvalue weighted by atomic mass is 79.9. The molecule has 0 saturated heterocycles. The van der Waals surface area contributed by atoms with Gasteiger partial charge in [-0.2, -0.15) is 5.26 Å². The maximum absolute atomic E-state index is 13.4. The van der Waals surface area contributed by atoms with E-state index in [4.69, 9.17) is 10.00 Å². The first-order valence-electron chi connectivity index (χ1n) is 5.23. The molecule has 0 bridgehead atoms. The zero-order valence-corrected chi connectivity index (χ0v) is 11.1. The Labute approximate surface area is 116 Å². The van der Waals surface area contributed by atoms with Crippen LogP contribution in [-0.2, 0) is 6.61 Å². The SMILES string of the molecule is N#Cc1ccc(COc2nc(Br)c(F)cc2F)cc1. The molecule has 1 aromatic heterocycles. The predicted octanol–water partition coefficient (Wildman–Crippen LogP) is 3.57. The second-order valence-electron chi connectivity index (χ2n) is 3.65. The Balaban J connectivity index is 2.10. The molecule has 0 saturated carbocycles. The van der Waals surface area contributed by atoms with Crippen LogP contribution in [0.4, 0.5) is 8.78 Å². The summed E-state index contributed by atoms with van der Waals surface area (Å²) in [6.45, 7) is 0.0771. The number of pyridine rings is 1. The molecule has 0 atom stereocenters. The van der Waals surface area contributed by atoms with E-state index in [1.54, 1.807) is 24.3 Å². The molecule has 0 aliphatic heterocycles. The second-order valence-corrected chi connectivity index (χ2v) is 4.40. The third-order valence-corrected chi connectivity index (χ3v) is 2.87. The molecule has 0 aliphatic carbocycles. The average Bonchev–Trinajstić information content (AvgIpc) is 2.42. The summed E-state index contributed by atoms with van der Waals surface area (Å²) in [4.78, 5) is 3.61. The zero-order chi connectivity index (χ0) is 13.8. The minimum atomic E-state index is -0.866. The van der Waals surface area contributed by atoms with Gasteiger partial charge in [0.25, 0.3) is 5.88 Å².